The van der Waals surface area contributed by atoms with Gasteiger partial charge in [0.1, 0.15) is 12.6 Å². The van der Waals surface area contributed by atoms with Gasteiger partial charge in [-0.15, -0.1) is 0 Å². The third-order valence-electron chi connectivity index (χ3n) is 6.45. The summed E-state index contributed by atoms with van der Waals surface area (Å²) in [7, 11) is 0. The molecule has 7 heteroatoms. The van der Waals surface area contributed by atoms with E-state index in [0.717, 1.165) is 44.2 Å². The number of carbonyl (C=O) groups is 2. The molecule has 1 aromatic rings. The molecule has 31 heavy (non-hydrogen) atoms. The second-order valence-corrected chi connectivity index (χ2v) is 9.19. The molecule has 1 saturated carbocycles. The van der Waals surface area contributed by atoms with Crippen molar-refractivity contribution >= 4 is 29.5 Å². The summed E-state index contributed by atoms with van der Waals surface area (Å²) in [6.07, 6.45) is 9.09. The van der Waals surface area contributed by atoms with Crippen molar-refractivity contribution in [1.82, 2.24) is 15.1 Å². The Kier molecular flexibility index (Phi) is 7.51. The first kappa shape index (κ1) is 22.2. The van der Waals surface area contributed by atoms with E-state index in [4.69, 9.17) is 16.3 Å². The van der Waals surface area contributed by atoms with Crippen LogP contribution >= 0.6 is 11.6 Å². The lowest BCUT2D eigenvalue weighted by Gasteiger charge is -2.44. The minimum Gasteiger partial charge on any atom is -0.482 e. The molecule has 2 heterocycles. The maximum absolute atomic E-state index is 13.2. The van der Waals surface area contributed by atoms with Gasteiger partial charge in [-0.05, 0) is 81.9 Å². The molecular weight excluding hydrogens is 414 g/mol. The van der Waals surface area contributed by atoms with Gasteiger partial charge < -0.3 is 19.9 Å². The standard InChI is InChI=1S/C24H32ClN3O3/c25-19-8-5-7-18(15-19)16-22-24(30)28(20-9-1-2-10-21(20)31-22)17-23(29)26-11-6-14-27-12-3-4-13-27/h5,7-8,15-16,20-21H,1-4,6,9-14,17H2,(H,26,29)/b22-16+. The van der Waals surface area contributed by atoms with Crippen LogP contribution in [-0.2, 0) is 14.3 Å². The molecule has 168 valence electrons. The number of halogens is 1. The smallest absolute Gasteiger partial charge is 0.289 e. The molecule has 0 bridgehead atoms. The van der Waals surface area contributed by atoms with E-state index >= 15 is 0 Å². The van der Waals surface area contributed by atoms with Gasteiger partial charge in [-0.2, -0.15) is 0 Å². The fraction of sp³-hybridized carbons (Fsp3) is 0.583. The number of rotatable bonds is 7. The molecule has 2 unspecified atom stereocenters. The molecule has 1 N–H and O–H groups in total. The van der Waals surface area contributed by atoms with E-state index in [1.54, 1.807) is 23.1 Å². The number of fused-ring (bicyclic) bond motifs is 1. The van der Waals surface area contributed by atoms with Gasteiger partial charge in [-0.25, -0.2) is 0 Å². The van der Waals surface area contributed by atoms with Crippen LogP contribution in [0.15, 0.2) is 30.0 Å². The van der Waals surface area contributed by atoms with Crippen molar-refractivity contribution in [2.45, 2.75) is 57.1 Å². The van der Waals surface area contributed by atoms with Crippen LogP contribution in [0.2, 0.25) is 5.02 Å². The molecule has 2 aliphatic heterocycles. The van der Waals surface area contributed by atoms with Crippen molar-refractivity contribution in [2.75, 3.05) is 32.7 Å². The monoisotopic (exact) mass is 445 g/mol. The molecule has 3 fully saturated rings. The Bertz CT molecular complexity index is 822. The van der Waals surface area contributed by atoms with Gasteiger partial charge in [0, 0.05) is 11.6 Å². The van der Waals surface area contributed by atoms with Gasteiger partial charge in [0.15, 0.2) is 5.76 Å². The maximum Gasteiger partial charge on any atom is 0.289 e. The Morgan fingerprint density at radius 3 is 2.81 bits per heavy atom. The first-order chi connectivity index (χ1) is 15.1. The lowest BCUT2D eigenvalue weighted by atomic mass is 9.89. The van der Waals surface area contributed by atoms with E-state index in [1.165, 1.54) is 25.9 Å². The zero-order valence-electron chi connectivity index (χ0n) is 18.0. The summed E-state index contributed by atoms with van der Waals surface area (Å²) >= 11 is 6.09. The van der Waals surface area contributed by atoms with Gasteiger partial charge in [0.25, 0.3) is 5.91 Å². The highest BCUT2D eigenvalue weighted by Gasteiger charge is 2.42. The molecule has 2 amide bonds. The number of morpholine rings is 1. The maximum atomic E-state index is 13.2. The molecule has 3 aliphatic rings. The molecule has 1 aliphatic carbocycles. The molecule has 6 nitrogen and oxygen atoms in total. The number of hydrogen-bond donors (Lipinski definition) is 1. The number of hydrogen-bond acceptors (Lipinski definition) is 4. The number of likely N-dealkylation sites (tertiary alicyclic amines) is 1. The molecule has 2 saturated heterocycles. The lowest BCUT2D eigenvalue weighted by Crippen LogP contribution is -2.57. The highest BCUT2D eigenvalue weighted by Crippen LogP contribution is 2.33. The van der Waals surface area contributed by atoms with Crippen LogP contribution in [0.25, 0.3) is 6.08 Å². The van der Waals surface area contributed by atoms with Crippen LogP contribution in [0.4, 0.5) is 0 Å². The zero-order valence-corrected chi connectivity index (χ0v) is 18.8. The lowest BCUT2D eigenvalue weighted by molar-refractivity contribution is -0.151. The summed E-state index contributed by atoms with van der Waals surface area (Å²) in [6.45, 7) is 4.09. The van der Waals surface area contributed by atoms with Crippen molar-refractivity contribution in [3.63, 3.8) is 0 Å². The molecular formula is C24H32ClN3O3. The first-order valence-corrected chi connectivity index (χ1v) is 11.9. The molecule has 0 aromatic heterocycles. The fourth-order valence-electron chi connectivity index (χ4n) is 4.86. The van der Waals surface area contributed by atoms with E-state index in [1.807, 2.05) is 12.1 Å². The Hall–Kier alpha value is -2.05. The predicted molar refractivity (Wildman–Crippen MR) is 122 cm³/mol. The van der Waals surface area contributed by atoms with Crippen LogP contribution < -0.4 is 5.32 Å². The van der Waals surface area contributed by atoms with Crippen molar-refractivity contribution in [3.8, 4) is 0 Å². The fourth-order valence-corrected chi connectivity index (χ4v) is 5.06. The molecule has 0 radical (unpaired) electrons. The van der Waals surface area contributed by atoms with Gasteiger partial charge in [-0.3, -0.25) is 9.59 Å². The second kappa shape index (κ2) is 10.5. The number of nitrogens with one attached hydrogen (secondary N) is 1. The van der Waals surface area contributed by atoms with Crippen LogP contribution in [0.1, 0.15) is 50.5 Å². The van der Waals surface area contributed by atoms with E-state index in [9.17, 15) is 9.59 Å². The largest absolute Gasteiger partial charge is 0.482 e. The number of benzene rings is 1. The summed E-state index contributed by atoms with van der Waals surface area (Å²) in [5, 5.41) is 3.61. The minimum atomic E-state index is -0.213. The third-order valence-corrected chi connectivity index (χ3v) is 6.69. The van der Waals surface area contributed by atoms with E-state index in [0.29, 0.717) is 17.3 Å². The summed E-state index contributed by atoms with van der Waals surface area (Å²) in [5.74, 6) is -0.00862. The van der Waals surface area contributed by atoms with E-state index in [-0.39, 0.29) is 30.5 Å². The topological polar surface area (TPSA) is 61.9 Å². The number of ether oxygens (including phenoxy) is 1. The summed E-state index contributed by atoms with van der Waals surface area (Å²) in [4.78, 5) is 30.0. The number of nitrogens with zero attached hydrogens (tertiary/aromatic N) is 2. The van der Waals surface area contributed by atoms with Crippen molar-refractivity contribution in [1.29, 1.82) is 0 Å². The van der Waals surface area contributed by atoms with Crippen LogP contribution in [0.3, 0.4) is 0 Å². The van der Waals surface area contributed by atoms with Crippen molar-refractivity contribution in [3.05, 3.63) is 40.6 Å². The average Bonchev–Trinajstić information content (AvgIpc) is 3.28. The van der Waals surface area contributed by atoms with Gasteiger partial charge in [-0.1, -0.05) is 30.2 Å². The van der Waals surface area contributed by atoms with Gasteiger partial charge in [0.2, 0.25) is 5.91 Å². The van der Waals surface area contributed by atoms with Crippen LogP contribution in [0, 0.1) is 0 Å². The summed E-state index contributed by atoms with van der Waals surface area (Å²) < 4.78 is 6.10. The Morgan fingerprint density at radius 1 is 1.19 bits per heavy atom. The number of amides is 2. The highest BCUT2D eigenvalue weighted by atomic mass is 35.5. The predicted octanol–water partition coefficient (Wildman–Crippen LogP) is 3.45. The SMILES string of the molecule is O=C(CN1C(=O)/C(=C\c2cccc(Cl)c2)OC2CCCCC21)NCCCN1CCCC1. The van der Waals surface area contributed by atoms with Gasteiger partial charge >= 0.3 is 0 Å². The quantitative estimate of drug-likeness (QED) is 0.515. The summed E-state index contributed by atoms with van der Waals surface area (Å²) in [5.41, 5.74) is 0.816. The molecule has 0 spiro atoms. The Balaban J connectivity index is 1.38. The first-order valence-electron chi connectivity index (χ1n) is 11.5. The second-order valence-electron chi connectivity index (χ2n) is 8.76. The molecule has 4 rings (SSSR count). The van der Waals surface area contributed by atoms with Crippen molar-refractivity contribution < 1.29 is 14.3 Å². The van der Waals surface area contributed by atoms with E-state index < -0.39 is 0 Å². The minimum absolute atomic E-state index is 0.0342. The van der Waals surface area contributed by atoms with Crippen LogP contribution in [0.5, 0.6) is 0 Å². The summed E-state index contributed by atoms with van der Waals surface area (Å²) in [6, 6.07) is 7.30. The van der Waals surface area contributed by atoms with E-state index in [2.05, 4.69) is 10.2 Å². The molecule has 1 aromatic carbocycles. The highest BCUT2D eigenvalue weighted by molar-refractivity contribution is 6.30. The molecule has 2 atom stereocenters. The Labute approximate surface area is 189 Å². The van der Waals surface area contributed by atoms with Crippen molar-refractivity contribution in [2.24, 2.45) is 0 Å². The average molecular weight is 446 g/mol. The van der Waals surface area contributed by atoms with Crippen LogP contribution in [-0.4, -0.2) is 66.5 Å². The third kappa shape index (κ3) is 5.80. The number of carbonyl (C=O) groups excluding carboxylic acids is 2. The zero-order chi connectivity index (χ0) is 21.6. The normalized spacial score (nSPS) is 25.4. The van der Waals surface area contributed by atoms with Gasteiger partial charge in [0.05, 0.1) is 6.04 Å². The Morgan fingerprint density at radius 2 is 2.00 bits per heavy atom.